The van der Waals surface area contributed by atoms with Gasteiger partial charge in [-0.3, -0.25) is 14.4 Å². The van der Waals surface area contributed by atoms with Crippen LogP contribution in [0.15, 0.2) is 84.4 Å². The van der Waals surface area contributed by atoms with Crippen molar-refractivity contribution >= 4 is 45.9 Å². The molecule has 3 amide bonds. The van der Waals surface area contributed by atoms with E-state index in [0.29, 0.717) is 11.1 Å². The summed E-state index contributed by atoms with van der Waals surface area (Å²) in [5.74, 6) is -1.70. The fourth-order valence-electron chi connectivity index (χ4n) is 4.24. The molecule has 1 heterocycles. The summed E-state index contributed by atoms with van der Waals surface area (Å²) in [7, 11) is 0. The summed E-state index contributed by atoms with van der Waals surface area (Å²) in [5.41, 5.74) is 1.82. The number of aromatic nitrogens is 1. The number of carbonyl (C=O) groups excluding carboxylic acids is 3. The number of nitrogens with zero attached hydrogens (tertiary/aromatic N) is 1. The maximum absolute atomic E-state index is 13.3. The number of benzene rings is 3. The Hall–Kier alpha value is -4.30. The van der Waals surface area contributed by atoms with Crippen LogP contribution in [0.1, 0.15) is 39.3 Å². The highest BCUT2D eigenvalue weighted by Crippen LogP contribution is 2.46. The van der Waals surface area contributed by atoms with Crippen molar-refractivity contribution in [3.63, 3.8) is 0 Å². The molecule has 7 nitrogen and oxygen atoms in total. The molecule has 1 saturated carbocycles. The van der Waals surface area contributed by atoms with Gasteiger partial charge in [-0.1, -0.05) is 60.7 Å². The first-order chi connectivity index (χ1) is 18.0. The zero-order valence-corrected chi connectivity index (χ0v) is 20.9. The largest absolute Gasteiger partial charge is 0.344 e. The zero-order valence-electron chi connectivity index (χ0n) is 20.1. The molecule has 8 heteroatoms. The van der Waals surface area contributed by atoms with E-state index < -0.39 is 11.8 Å². The van der Waals surface area contributed by atoms with Crippen molar-refractivity contribution in [2.75, 3.05) is 6.54 Å². The lowest BCUT2D eigenvalue weighted by Crippen LogP contribution is -2.40. The van der Waals surface area contributed by atoms with E-state index in [4.69, 9.17) is 0 Å². The summed E-state index contributed by atoms with van der Waals surface area (Å²) in [6.07, 6.45) is 6.94. The molecule has 0 radical (unpaired) electrons. The molecule has 1 fully saturated rings. The second-order valence-electron chi connectivity index (χ2n) is 8.92. The van der Waals surface area contributed by atoms with Gasteiger partial charge in [0, 0.05) is 30.2 Å². The minimum atomic E-state index is -0.757. The first kappa shape index (κ1) is 24.4. The van der Waals surface area contributed by atoms with E-state index in [2.05, 4.69) is 51.3 Å². The van der Waals surface area contributed by atoms with E-state index in [1.807, 2.05) is 17.5 Å². The second kappa shape index (κ2) is 10.8. The Balaban J connectivity index is 1.19. The monoisotopic (exact) mass is 510 g/mol. The molecule has 37 heavy (non-hydrogen) atoms. The van der Waals surface area contributed by atoms with Crippen molar-refractivity contribution in [3.05, 3.63) is 106 Å². The van der Waals surface area contributed by atoms with E-state index in [1.165, 1.54) is 11.3 Å². The summed E-state index contributed by atoms with van der Waals surface area (Å²) >= 11 is 1.48. The van der Waals surface area contributed by atoms with Crippen molar-refractivity contribution in [2.24, 2.45) is 0 Å². The van der Waals surface area contributed by atoms with Crippen LogP contribution >= 0.6 is 11.3 Å². The van der Waals surface area contributed by atoms with Crippen LogP contribution in [0, 0.1) is 0 Å². The maximum atomic E-state index is 13.3. The van der Waals surface area contributed by atoms with Gasteiger partial charge in [-0.15, -0.1) is 11.3 Å². The van der Waals surface area contributed by atoms with E-state index in [0.717, 1.165) is 34.2 Å². The van der Waals surface area contributed by atoms with Gasteiger partial charge in [0.25, 0.3) is 5.91 Å². The normalized spacial score (nSPS) is 13.8. The van der Waals surface area contributed by atoms with Crippen molar-refractivity contribution in [1.82, 2.24) is 20.9 Å². The second-order valence-corrected chi connectivity index (χ2v) is 9.85. The average Bonchev–Trinajstić information content (AvgIpc) is 3.52. The van der Waals surface area contributed by atoms with Crippen LogP contribution < -0.4 is 16.0 Å². The molecule has 3 N–H and O–H groups in total. The summed E-state index contributed by atoms with van der Waals surface area (Å²) in [6, 6.07) is 21.6. The van der Waals surface area contributed by atoms with Gasteiger partial charge in [-0.25, -0.2) is 4.98 Å². The van der Waals surface area contributed by atoms with E-state index in [9.17, 15) is 14.4 Å². The molecule has 186 valence electrons. The van der Waals surface area contributed by atoms with Crippen LogP contribution in [-0.2, 0) is 21.7 Å². The Morgan fingerprint density at radius 1 is 0.919 bits per heavy atom. The molecule has 0 saturated heterocycles. The number of thiazole rings is 1. The smallest absolute Gasteiger partial charge is 0.309 e. The van der Waals surface area contributed by atoms with Crippen LogP contribution in [-0.4, -0.2) is 29.3 Å². The molecule has 1 aromatic heterocycles. The molecular formula is C29H26N4O3S. The molecule has 0 spiro atoms. The summed E-state index contributed by atoms with van der Waals surface area (Å²) < 4.78 is 0. The predicted octanol–water partition coefficient (Wildman–Crippen LogP) is 4.16. The first-order valence-corrected chi connectivity index (χ1v) is 12.9. The van der Waals surface area contributed by atoms with E-state index in [1.54, 1.807) is 42.6 Å². The number of rotatable bonds is 8. The molecule has 0 bridgehead atoms. The molecule has 1 aliphatic rings. The van der Waals surface area contributed by atoms with Crippen molar-refractivity contribution < 1.29 is 14.4 Å². The van der Waals surface area contributed by atoms with Gasteiger partial charge in [-0.2, -0.15) is 0 Å². The molecule has 3 aromatic carbocycles. The fraction of sp³-hybridized carbons (Fsp3) is 0.172. The van der Waals surface area contributed by atoms with Gasteiger partial charge in [0.1, 0.15) is 5.01 Å². The Kier molecular flexibility index (Phi) is 7.09. The molecule has 4 aromatic rings. The zero-order chi connectivity index (χ0) is 25.7. The van der Waals surface area contributed by atoms with Crippen LogP contribution in [0.4, 0.5) is 0 Å². The van der Waals surface area contributed by atoms with Gasteiger partial charge < -0.3 is 16.0 Å². The van der Waals surface area contributed by atoms with Crippen LogP contribution in [0.2, 0.25) is 0 Å². The van der Waals surface area contributed by atoms with E-state index in [-0.39, 0.29) is 24.5 Å². The number of carbonyl (C=O) groups is 3. The highest BCUT2D eigenvalue weighted by molar-refractivity contribution is 7.10. The van der Waals surface area contributed by atoms with Crippen molar-refractivity contribution in [1.29, 1.82) is 0 Å². The highest BCUT2D eigenvalue weighted by Gasteiger charge is 2.46. The quantitative estimate of drug-likeness (QED) is 0.310. The Morgan fingerprint density at radius 3 is 2.46 bits per heavy atom. The Morgan fingerprint density at radius 2 is 1.68 bits per heavy atom. The molecular weight excluding hydrogens is 484 g/mol. The predicted molar refractivity (Wildman–Crippen MR) is 145 cm³/mol. The SMILES string of the molecule is O=C(NC/C=C/c1nccs1)C(=O)NCc1ccccc1C(=O)NC1(c2ccc3ccccc3c2)CC1. The lowest BCUT2D eigenvalue weighted by atomic mass is 9.99. The van der Waals surface area contributed by atoms with Crippen molar-refractivity contribution in [2.45, 2.75) is 24.9 Å². The summed E-state index contributed by atoms with van der Waals surface area (Å²) in [5, 5.41) is 13.4. The number of amides is 3. The third kappa shape index (κ3) is 5.76. The first-order valence-electron chi connectivity index (χ1n) is 12.1. The lowest BCUT2D eigenvalue weighted by Gasteiger charge is -2.20. The Labute approximate surface area is 218 Å². The third-order valence-electron chi connectivity index (χ3n) is 6.40. The molecule has 0 atom stereocenters. The van der Waals surface area contributed by atoms with Gasteiger partial charge in [0.2, 0.25) is 0 Å². The molecule has 1 aliphatic carbocycles. The average molecular weight is 511 g/mol. The maximum Gasteiger partial charge on any atom is 0.309 e. The van der Waals surface area contributed by atoms with Gasteiger partial charge in [0.15, 0.2) is 0 Å². The number of nitrogens with one attached hydrogen (secondary N) is 3. The molecule has 0 aliphatic heterocycles. The number of hydrogen-bond acceptors (Lipinski definition) is 5. The lowest BCUT2D eigenvalue weighted by molar-refractivity contribution is -0.139. The fourth-order valence-corrected chi connectivity index (χ4v) is 4.80. The molecule has 0 unspecified atom stereocenters. The standard InChI is InChI=1S/C29H26N4O3S/c34-26(33-29(13-14-29)23-12-11-20-6-1-2-7-21(20)18-23)24-9-4-3-8-22(24)19-32-28(36)27(35)31-15-5-10-25-30-16-17-37-25/h1-12,16-18H,13-15,19H2,(H,31,35)(H,32,36)(H,33,34)/b10-5+. The van der Waals surface area contributed by atoms with E-state index >= 15 is 0 Å². The van der Waals surface area contributed by atoms with Gasteiger partial charge in [-0.05, 0) is 52.9 Å². The number of fused-ring (bicyclic) bond motifs is 1. The number of hydrogen-bond donors (Lipinski definition) is 3. The minimum Gasteiger partial charge on any atom is -0.344 e. The van der Waals surface area contributed by atoms with Crippen LogP contribution in [0.25, 0.3) is 16.8 Å². The Bertz CT molecular complexity index is 1480. The van der Waals surface area contributed by atoms with Crippen LogP contribution in [0.5, 0.6) is 0 Å². The van der Waals surface area contributed by atoms with Gasteiger partial charge in [0.05, 0.1) is 5.54 Å². The van der Waals surface area contributed by atoms with Crippen molar-refractivity contribution in [3.8, 4) is 0 Å². The van der Waals surface area contributed by atoms with Gasteiger partial charge >= 0.3 is 11.8 Å². The highest BCUT2D eigenvalue weighted by atomic mass is 32.1. The molecule has 5 rings (SSSR count). The topological polar surface area (TPSA) is 100 Å². The minimum absolute atomic E-state index is 0.0633. The van der Waals surface area contributed by atoms with Crippen LogP contribution in [0.3, 0.4) is 0 Å². The summed E-state index contributed by atoms with van der Waals surface area (Å²) in [4.78, 5) is 41.8. The summed E-state index contributed by atoms with van der Waals surface area (Å²) in [6.45, 7) is 0.273. The third-order valence-corrected chi connectivity index (χ3v) is 7.15.